The summed E-state index contributed by atoms with van der Waals surface area (Å²) in [4.78, 5) is 35.5. The molecule has 0 bridgehead atoms. The first-order chi connectivity index (χ1) is 33.0. The van der Waals surface area contributed by atoms with Gasteiger partial charge in [-0.1, -0.05) is 223 Å². The maximum atomic E-state index is 12.8. The minimum atomic E-state index is -4.38. The van der Waals surface area contributed by atoms with E-state index >= 15 is 0 Å². The molecule has 10 heteroatoms. The van der Waals surface area contributed by atoms with E-state index in [1.54, 1.807) is 0 Å². The van der Waals surface area contributed by atoms with Crippen LogP contribution in [0.4, 0.5) is 0 Å². The summed E-state index contributed by atoms with van der Waals surface area (Å²) < 4.78 is 34.4. The Kier molecular flexibility index (Phi) is 48.4. The third-order valence-electron chi connectivity index (χ3n) is 12.3. The average Bonchev–Trinajstić information content (AvgIpc) is 3.30. The summed E-state index contributed by atoms with van der Waals surface area (Å²) in [6.45, 7) is 4.39. The average molecular weight is 979 g/mol. The molecular formula is C58H109NO8P+. The van der Waals surface area contributed by atoms with Gasteiger partial charge in [0.25, 0.3) is 0 Å². The van der Waals surface area contributed by atoms with Gasteiger partial charge in [0.2, 0.25) is 0 Å². The molecule has 0 aromatic carbocycles. The van der Waals surface area contributed by atoms with Gasteiger partial charge in [0.05, 0.1) is 27.7 Å². The SMILES string of the molecule is CCCC/C=C\CCCCCCCC(=O)OCC(COP(=O)(O)OCC[N+](C)(C)C)OC(=O)CCCCCCCCCCCCCCCCCCCC/C=C\C/C=C\C/C=C\CCCCCCC. The van der Waals surface area contributed by atoms with Crippen molar-refractivity contribution in [3.63, 3.8) is 0 Å². The molecule has 1 N–H and O–H groups in total. The minimum absolute atomic E-state index is 0.0309. The van der Waals surface area contributed by atoms with Gasteiger partial charge < -0.3 is 18.9 Å². The lowest BCUT2D eigenvalue weighted by atomic mass is 10.0. The molecule has 0 rings (SSSR count). The lowest BCUT2D eigenvalue weighted by Crippen LogP contribution is -2.37. The highest BCUT2D eigenvalue weighted by Gasteiger charge is 2.27. The largest absolute Gasteiger partial charge is 0.472 e. The van der Waals surface area contributed by atoms with Crippen molar-refractivity contribution in [1.82, 2.24) is 0 Å². The van der Waals surface area contributed by atoms with E-state index in [1.165, 1.54) is 154 Å². The Bertz CT molecular complexity index is 1290. The van der Waals surface area contributed by atoms with E-state index in [9.17, 15) is 19.0 Å². The summed E-state index contributed by atoms with van der Waals surface area (Å²) in [5.74, 6) is -0.802. The maximum Gasteiger partial charge on any atom is 0.472 e. The fraction of sp³-hybridized carbons (Fsp3) is 0.828. The number of carbonyl (C=O) groups is 2. The second-order valence-electron chi connectivity index (χ2n) is 20.3. The Hall–Kier alpha value is -2.03. The van der Waals surface area contributed by atoms with E-state index in [0.717, 1.165) is 70.6 Å². The highest BCUT2D eigenvalue weighted by molar-refractivity contribution is 7.47. The number of nitrogens with zero attached hydrogens (tertiary/aromatic N) is 1. The molecule has 2 atom stereocenters. The molecule has 0 aliphatic rings. The van der Waals surface area contributed by atoms with Gasteiger partial charge in [-0.05, 0) is 70.6 Å². The molecule has 0 aromatic rings. The van der Waals surface area contributed by atoms with Gasteiger partial charge in [0.15, 0.2) is 6.10 Å². The Morgan fingerprint density at radius 1 is 0.456 bits per heavy atom. The van der Waals surface area contributed by atoms with Crippen LogP contribution in [-0.4, -0.2) is 74.9 Å². The molecule has 0 heterocycles. The molecule has 2 unspecified atom stereocenters. The molecule has 0 amide bonds. The molecule has 0 aliphatic carbocycles. The van der Waals surface area contributed by atoms with Crippen LogP contribution in [0.5, 0.6) is 0 Å². The lowest BCUT2D eigenvalue weighted by Gasteiger charge is -2.24. The van der Waals surface area contributed by atoms with Crippen LogP contribution < -0.4 is 0 Å². The van der Waals surface area contributed by atoms with Crippen molar-refractivity contribution in [2.45, 2.75) is 264 Å². The fourth-order valence-corrected chi connectivity index (χ4v) is 8.63. The van der Waals surface area contributed by atoms with Crippen molar-refractivity contribution in [3.05, 3.63) is 48.6 Å². The molecule has 0 aromatic heterocycles. The normalized spacial score (nSPS) is 13.7. The first kappa shape index (κ1) is 66.0. The van der Waals surface area contributed by atoms with Crippen LogP contribution in [0.2, 0.25) is 0 Å². The third kappa shape index (κ3) is 53.3. The number of unbranched alkanes of at least 4 members (excludes halogenated alkanes) is 30. The minimum Gasteiger partial charge on any atom is -0.462 e. The number of hydrogen-bond donors (Lipinski definition) is 1. The monoisotopic (exact) mass is 979 g/mol. The van der Waals surface area contributed by atoms with Crippen LogP contribution in [-0.2, 0) is 32.7 Å². The van der Waals surface area contributed by atoms with Crippen molar-refractivity contribution in [2.24, 2.45) is 0 Å². The van der Waals surface area contributed by atoms with Crippen molar-refractivity contribution in [1.29, 1.82) is 0 Å². The van der Waals surface area contributed by atoms with Crippen LogP contribution in [0.25, 0.3) is 0 Å². The number of allylic oxidation sites excluding steroid dienone is 8. The molecule has 0 saturated carbocycles. The Balaban J connectivity index is 3.99. The standard InChI is InChI=1S/C58H108NO8P/c1-6-8-10-12-14-16-18-19-20-21-22-23-24-25-26-27-28-29-30-31-32-33-34-35-36-37-38-39-41-43-45-47-49-51-58(61)67-56(55-66-68(62,63)65-53-52-59(3,4)5)54-64-57(60)50-48-46-44-42-40-17-15-13-11-9-7-2/h13,15,18-19,21-22,24-25,56H,6-12,14,16-17,20,23,26-55H2,1-5H3/p+1/b15-13-,19-18-,22-21-,25-24-. The van der Waals surface area contributed by atoms with Gasteiger partial charge in [-0.15, -0.1) is 0 Å². The molecular weight excluding hydrogens is 870 g/mol. The highest BCUT2D eigenvalue weighted by Crippen LogP contribution is 2.43. The Morgan fingerprint density at radius 2 is 0.809 bits per heavy atom. The number of phosphoric ester groups is 1. The summed E-state index contributed by atoms with van der Waals surface area (Å²) >= 11 is 0. The van der Waals surface area contributed by atoms with E-state index < -0.39 is 26.5 Å². The summed E-state index contributed by atoms with van der Waals surface area (Å²) in [6, 6.07) is 0. The second-order valence-corrected chi connectivity index (χ2v) is 21.8. The molecule has 0 radical (unpaired) electrons. The number of esters is 2. The second kappa shape index (κ2) is 49.9. The summed E-state index contributed by atoms with van der Waals surface area (Å²) in [5.41, 5.74) is 0. The van der Waals surface area contributed by atoms with Crippen LogP contribution >= 0.6 is 7.82 Å². The molecule has 68 heavy (non-hydrogen) atoms. The zero-order chi connectivity index (χ0) is 49.9. The predicted molar refractivity (Wildman–Crippen MR) is 289 cm³/mol. The number of hydrogen-bond acceptors (Lipinski definition) is 7. The van der Waals surface area contributed by atoms with E-state index in [1.807, 2.05) is 21.1 Å². The van der Waals surface area contributed by atoms with E-state index in [2.05, 4.69) is 62.5 Å². The quantitative estimate of drug-likeness (QED) is 0.0211. The van der Waals surface area contributed by atoms with Crippen molar-refractivity contribution >= 4 is 19.8 Å². The van der Waals surface area contributed by atoms with Gasteiger partial charge in [-0.25, -0.2) is 4.57 Å². The van der Waals surface area contributed by atoms with Crippen LogP contribution in [0, 0.1) is 0 Å². The van der Waals surface area contributed by atoms with E-state index in [-0.39, 0.29) is 32.0 Å². The number of phosphoric acid groups is 1. The Labute approximate surface area is 420 Å². The number of quaternary nitrogens is 1. The van der Waals surface area contributed by atoms with Crippen molar-refractivity contribution in [2.75, 3.05) is 47.5 Å². The van der Waals surface area contributed by atoms with Gasteiger partial charge in [-0.3, -0.25) is 18.6 Å². The predicted octanol–water partition coefficient (Wildman–Crippen LogP) is 17.4. The van der Waals surface area contributed by atoms with Gasteiger partial charge in [0, 0.05) is 12.8 Å². The van der Waals surface area contributed by atoms with Crippen LogP contribution in [0.15, 0.2) is 48.6 Å². The molecule has 0 spiro atoms. The molecule has 398 valence electrons. The molecule has 0 saturated heterocycles. The molecule has 0 aliphatic heterocycles. The highest BCUT2D eigenvalue weighted by atomic mass is 31.2. The number of carbonyl (C=O) groups excluding carboxylic acids is 2. The molecule has 9 nitrogen and oxygen atoms in total. The van der Waals surface area contributed by atoms with Crippen molar-refractivity contribution < 1.29 is 42.1 Å². The number of likely N-dealkylation sites (N-methyl/N-ethyl adjacent to an activating group) is 1. The fourth-order valence-electron chi connectivity index (χ4n) is 7.89. The zero-order valence-corrected chi connectivity index (χ0v) is 46.0. The number of ether oxygens (including phenoxy) is 2. The van der Waals surface area contributed by atoms with E-state index in [0.29, 0.717) is 17.4 Å². The summed E-state index contributed by atoms with van der Waals surface area (Å²) in [6.07, 6.45) is 62.0. The maximum absolute atomic E-state index is 12.8. The van der Waals surface area contributed by atoms with Crippen LogP contribution in [0.1, 0.15) is 258 Å². The van der Waals surface area contributed by atoms with Crippen molar-refractivity contribution in [3.8, 4) is 0 Å². The third-order valence-corrected chi connectivity index (χ3v) is 13.3. The Morgan fingerprint density at radius 3 is 1.24 bits per heavy atom. The number of rotatable bonds is 52. The van der Waals surface area contributed by atoms with Gasteiger partial charge in [0.1, 0.15) is 19.8 Å². The smallest absolute Gasteiger partial charge is 0.462 e. The first-order valence-corrected chi connectivity index (χ1v) is 29.9. The lowest BCUT2D eigenvalue weighted by molar-refractivity contribution is -0.870. The topological polar surface area (TPSA) is 108 Å². The van der Waals surface area contributed by atoms with Crippen LogP contribution in [0.3, 0.4) is 0 Å². The summed E-state index contributed by atoms with van der Waals surface area (Å²) in [7, 11) is 1.48. The first-order valence-electron chi connectivity index (χ1n) is 28.4. The summed E-state index contributed by atoms with van der Waals surface area (Å²) in [5, 5.41) is 0. The van der Waals surface area contributed by atoms with Gasteiger partial charge >= 0.3 is 19.8 Å². The zero-order valence-electron chi connectivity index (χ0n) is 45.1. The molecule has 0 fully saturated rings. The van der Waals surface area contributed by atoms with Gasteiger partial charge in [-0.2, -0.15) is 0 Å². The van der Waals surface area contributed by atoms with E-state index in [4.69, 9.17) is 18.5 Å².